The molecule has 0 aromatic heterocycles. The van der Waals surface area contributed by atoms with Gasteiger partial charge in [0.05, 0.1) is 6.42 Å². The number of carboxylic acids is 1. The SMILES string of the molecule is CC(=O)N1CCC(Oc2ccccc2CC(=O)O)CC1. The molecule has 20 heavy (non-hydrogen) atoms. The molecule has 1 fully saturated rings. The van der Waals surface area contributed by atoms with Crippen LogP contribution in [0.15, 0.2) is 24.3 Å². The fraction of sp³-hybridized carbons (Fsp3) is 0.467. The first-order chi connectivity index (χ1) is 9.56. The van der Waals surface area contributed by atoms with E-state index in [1.54, 1.807) is 19.1 Å². The molecule has 1 heterocycles. The van der Waals surface area contributed by atoms with Crippen LogP contribution in [0.25, 0.3) is 0 Å². The average molecular weight is 277 g/mol. The third kappa shape index (κ3) is 3.73. The summed E-state index contributed by atoms with van der Waals surface area (Å²) in [5, 5.41) is 8.89. The number of hydrogen-bond donors (Lipinski definition) is 1. The summed E-state index contributed by atoms with van der Waals surface area (Å²) in [4.78, 5) is 23.9. The summed E-state index contributed by atoms with van der Waals surface area (Å²) in [6, 6.07) is 7.22. The van der Waals surface area contributed by atoms with Crippen molar-refractivity contribution >= 4 is 11.9 Å². The molecule has 1 aliphatic heterocycles. The summed E-state index contributed by atoms with van der Waals surface area (Å²) in [6.45, 7) is 2.96. The van der Waals surface area contributed by atoms with Crippen molar-refractivity contribution in [3.05, 3.63) is 29.8 Å². The quantitative estimate of drug-likeness (QED) is 0.909. The van der Waals surface area contributed by atoms with Crippen LogP contribution in [0, 0.1) is 0 Å². The van der Waals surface area contributed by atoms with Crippen molar-refractivity contribution in [1.29, 1.82) is 0 Å². The van der Waals surface area contributed by atoms with Crippen LogP contribution in [0.4, 0.5) is 0 Å². The molecule has 0 aliphatic carbocycles. The van der Waals surface area contributed by atoms with Crippen LogP contribution in [0.2, 0.25) is 0 Å². The second kappa shape index (κ2) is 6.41. The number of rotatable bonds is 4. The van der Waals surface area contributed by atoms with Crippen molar-refractivity contribution in [2.24, 2.45) is 0 Å². The van der Waals surface area contributed by atoms with E-state index in [-0.39, 0.29) is 18.4 Å². The lowest BCUT2D eigenvalue weighted by atomic mass is 10.1. The molecule has 0 unspecified atom stereocenters. The average Bonchev–Trinajstić information content (AvgIpc) is 2.41. The van der Waals surface area contributed by atoms with Gasteiger partial charge in [0.2, 0.25) is 5.91 Å². The molecule has 0 spiro atoms. The lowest BCUT2D eigenvalue weighted by Crippen LogP contribution is -2.40. The summed E-state index contributed by atoms with van der Waals surface area (Å²) in [5.41, 5.74) is 0.689. The van der Waals surface area contributed by atoms with Crippen LogP contribution in [0.5, 0.6) is 5.75 Å². The predicted molar refractivity (Wildman–Crippen MR) is 73.7 cm³/mol. The number of hydrogen-bond acceptors (Lipinski definition) is 3. The van der Waals surface area contributed by atoms with Crippen molar-refractivity contribution in [2.45, 2.75) is 32.3 Å². The molecular formula is C15H19NO4. The topological polar surface area (TPSA) is 66.8 Å². The molecule has 1 amide bonds. The van der Waals surface area contributed by atoms with E-state index < -0.39 is 5.97 Å². The van der Waals surface area contributed by atoms with E-state index in [9.17, 15) is 9.59 Å². The number of likely N-dealkylation sites (tertiary alicyclic amines) is 1. The van der Waals surface area contributed by atoms with Crippen LogP contribution in [-0.4, -0.2) is 41.1 Å². The second-order valence-electron chi connectivity index (χ2n) is 5.00. The Morgan fingerprint density at radius 2 is 1.95 bits per heavy atom. The van der Waals surface area contributed by atoms with Crippen LogP contribution in [0.3, 0.4) is 0 Å². The lowest BCUT2D eigenvalue weighted by Gasteiger charge is -2.31. The number of ether oxygens (including phenoxy) is 1. The number of carbonyl (C=O) groups excluding carboxylic acids is 1. The highest BCUT2D eigenvalue weighted by molar-refractivity contribution is 5.73. The van der Waals surface area contributed by atoms with E-state index in [0.29, 0.717) is 24.4 Å². The first-order valence-electron chi connectivity index (χ1n) is 6.78. The highest BCUT2D eigenvalue weighted by atomic mass is 16.5. The van der Waals surface area contributed by atoms with Gasteiger partial charge in [0.15, 0.2) is 0 Å². The lowest BCUT2D eigenvalue weighted by molar-refractivity contribution is -0.136. The van der Waals surface area contributed by atoms with Crippen LogP contribution < -0.4 is 4.74 Å². The first kappa shape index (κ1) is 14.4. The summed E-state index contributed by atoms with van der Waals surface area (Å²) in [5.74, 6) is -0.140. The molecule has 1 aromatic rings. The fourth-order valence-electron chi connectivity index (χ4n) is 2.40. The first-order valence-corrected chi connectivity index (χ1v) is 6.78. The van der Waals surface area contributed by atoms with Gasteiger partial charge in [-0.3, -0.25) is 9.59 Å². The molecule has 108 valence electrons. The van der Waals surface area contributed by atoms with Gasteiger partial charge in [-0.15, -0.1) is 0 Å². The van der Waals surface area contributed by atoms with Crippen molar-refractivity contribution in [3.8, 4) is 5.75 Å². The number of carboxylic acid groups (broad SMARTS) is 1. The number of piperidine rings is 1. The molecule has 5 heteroatoms. The summed E-state index contributed by atoms with van der Waals surface area (Å²) < 4.78 is 5.91. The van der Waals surface area contributed by atoms with Crippen molar-refractivity contribution in [2.75, 3.05) is 13.1 Å². The minimum Gasteiger partial charge on any atom is -0.490 e. The molecule has 0 radical (unpaired) electrons. The maximum atomic E-state index is 11.3. The Kier molecular flexibility index (Phi) is 4.61. The zero-order valence-corrected chi connectivity index (χ0v) is 11.5. The monoisotopic (exact) mass is 277 g/mol. The third-order valence-corrected chi connectivity index (χ3v) is 3.50. The minimum absolute atomic E-state index is 0.0392. The zero-order chi connectivity index (χ0) is 14.5. The Balaban J connectivity index is 1.97. The van der Waals surface area contributed by atoms with E-state index in [1.807, 2.05) is 17.0 Å². The molecule has 2 rings (SSSR count). The maximum absolute atomic E-state index is 11.3. The Labute approximate surface area is 118 Å². The van der Waals surface area contributed by atoms with Gasteiger partial charge in [-0.25, -0.2) is 0 Å². The normalized spacial score (nSPS) is 15.9. The van der Waals surface area contributed by atoms with Crippen LogP contribution in [0.1, 0.15) is 25.3 Å². The standard InChI is InChI=1S/C15H19NO4/c1-11(17)16-8-6-13(7-9-16)20-14-5-3-2-4-12(14)10-15(18)19/h2-5,13H,6-10H2,1H3,(H,18,19). The van der Waals surface area contributed by atoms with Gasteiger partial charge in [0, 0.05) is 38.4 Å². The molecule has 0 atom stereocenters. The van der Waals surface area contributed by atoms with Crippen LogP contribution >= 0.6 is 0 Å². The molecule has 0 saturated carbocycles. The Morgan fingerprint density at radius 1 is 1.30 bits per heavy atom. The second-order valence-corrected chi connectivity index (χ2v) is 5.00. The third-order valence-electron chi connectivity index (χ3n) is 3.50. The Hall–Kier alpha value is -2.04. The number of nitrogens with zero attached hydrogens (tertiary/aromatic N) is 1. The molecular weight excluding hydrogens is 258 g/mol. The van der Waals surface area contributed by atoms with Gasteiger partial charge in [-0.1, -0.05) is 18.2 Å². The van der Waals surface area contributed by atoms with Gasteiger partial charge >= 0.3 is 5.97 Å². The fourth-order valence-corrected chi connectivity index (χ4v) is 2.40. The number of benzene rings is 1. The van der Waals surface area contributed by atoms with Crippen molar-refractivity contribution in [3.63, 3.8) is 0 Å². The number of amides is 1. The maximum Gasteiger partial charge on any atom is 0.307 e. The highest BCUT2D eigenvalue weighted by Crippen LogP contribution is 2.23. The molecule has 1 aliphatic rings. The van der Waals surface area contributed by atoms with Crippen molar-refractivity contribution in [1.82, 2.24) is 4.90 Å². The smallest absolute Gasteiger partial charge is 0.307 e. The van der Waals surface area contributed by atoms with E-state index >= 15 is 0 Å². The van der Waals surface area contributed by atoms with Crippen LogP contribution in [-0.2, 0) is 16.0 Å². The largest absolute Gasteiger partial charge is 0.490 e. The van der Waals surface area contributed by atoms with E-state index in [1.165, 1.54) is 0 Å². The van der Waals surface area contributed by atoms with E-state index in [2.05, 4.69) is 0 Å². The zero-order valence-electron chi connectivity index (χ0n) is 11.5. The van der Waals surface area contributed by atoms with Gasteiger partial charge in [-0.05, 0) is 6.07 Å². The Morgan fingerprint density at radius 3 is 2.55 bits per heavy atom. The van der Waals surface area contributed by atoms with Gasteiger partial charge in [0.1, 0.15) is 11.9 Å². The highest BCUT2D eigenvalue weighted by Gasteiger charge is 2.22. The van der Waals surface area contributed by atoms with Gasteiger partial charge in [0.25, 0.3) is 0 Å². The van der Waals surface area contributed by atoms with Gasteiger partial charge < -0.3 is 14.7 Å². The Bertz CT molecular complexity index is 492. The summed E-state index contributed by atoms with van der Waals surface area (Å²) in [6.07, 6.45) is 1.56. The molecule has 0 bridgehead atoms. The van der Waals surface area contributed by atoms with Gasteiger partial charge in [-0.2, -0.15) is 0 Å². The van der Waals surface area contributed by atoms with Crippen molar-refractivity contribution < 1.29 is 19.4 Å². The number of carbonyl (C=O) groups is 2. The summed E-state index contributed by atoms with van der Waals surface area (Å²) in [7, 11) is 0. The molecule has 1 aromatic carbocycles. The summed E-state index contributed by atoms with van der Waals surface area (Å²) >= 11 is 0. The van der Waals surface area contributed by atoms with E-state index in [4.69, 9.17) is 9.84 Å². The number of para-hydroxylation sites is 1. The minimum atomic E-state index is -0.868. The predicted octanol–water partition coefficient (Wildman–Crippen LogP) is 1.70. The molecule has 1 N–H and O–H groups in total. The number of aliphatic carboxylic acids is 1. The molecule has 5 nitrogen and oxygen atoms in total. The van der Waals surface area contributed by atoms with E-state index in [0.717, 1.165) is 12.8 Å². The molecule has 1 saturated heterocycles.